The Morgan fingerprint density at radius 1 is 0.692 bits per heavy atom. The van der Waals surface area contributed by atoms with Crippen molar-refractivity contribution in [3.8, 4) is 11.5 Å². The molecule has 0 fully saturated rings. The van der Waals surface area contributed by atoms with Crippen molar-refractivity contribution in [3.63, 3.8) is 0 Å². The van der Waals surface area contributed by atoms with Crippen molar-refractivity contribution in [2.45, 2.75) is 9.79 Å². The molecular formula is C20H19NO4S. The third-order valence-corrected chi connectivity index (χ3v) is 5.61. The quantitative estimate of drug-likeness (QED) is 0.702. The Kier molecular flexibility index (Phi) is 5.14. The Bertz CT molecular complexity index is 984. The summed E-state index contributed by atoms with van der Waals surface area (Å²) < 4.78 is 36.2. The van der Waals surface area contributed by atoms with Gasteiger partial charge in [-0.25, -0.2) is 8.42 Å². The minimum Gasteiger partial charge on any atom is -0.497 e. The second kappa shape index (κ2) is 7.49. The highest BCUT2D eigenvalue weighted by atomic mass is 32.2. The van der Waals surface area contributed by atoms with Crippen molar-refractivity contribution in [3.05, 3.63) is 72.8 Å². The van der Waals surface area contributed by atoms with E-state index in [1.807, 2.05) is 24.3 Å². The van der Waals surface area contributed by atoms with E-state index in [2.05, 4.69) is 5.32 Å². The zero-order valence-corrected chi connectivity index (χ0v) is 15.3. The summed E-state index contributed by atoms with van der Waals surface area (Å²) in [5, 5.41) is 3.19. The van der Waals surface area contributed by atoms with Crippen molar-refractivity contribution in [2.75, 3.05) is 19.5 Å². The van der Waals surface area contributed by atoms with E-state index in [1.165, 1.54) is 13.2 Å². The molecule has 0 aromatic heterocycles. The number of hydrogen-bond donors (Lipinski definition) is 1. The summed E-state index contributed by atoms with van der Waals surface area (Å²) in [5.41, 5.74) is 1.42. The number of nitrogens with one attached hydrogen (secondary N) is 1. The van der Waals surface area contributed by atoms with E-state index < -0.39 is 9.84 Å². The summed E-state index contributed by atoms with van der Waals surface area (Å²) in [6, 6.07) is 20.5. The number of sulfone groups is 1. The normalized spacial score (nSPS) is 11.0. The van der Waals surface area contributed by atoms with Crippen LogP contribution >= 0.6 is 0 Å². The van der Waals surface area contributed by atoms with E-state index in [0.29, 0.717) is 11.4 Å². The molecule has 3 aromatic rings. The third kappa shape index (κ3) is 3.81. The molecule has 26 heavy (non-hydrogen) atoms. The van der Waals surface area contributed by atoms with E-state index >= 15 is 0 Å². The van der Waals surface area contributed by atoms with E-state index in [1.54, 1.807) is 49.6 Å². The van der Waals surface area contributed by atoms with Gasteiger partial charge in [0.2, 0.25) is 9.84 Å². The first-order valence-electron chi connectivity index (χ1n) is 7.93. The van der Waals surface area contributed by atoms with E-state index in [0.717, 1.165) is 11.4 Å². The summed E-state index contributed by atoms with van der Waals surface area (Å²) in [4.78, 5) is 0.405. The lowest BCUT2D eigenvalue weighted by Gasteiger charge is -2.12. The number of rotatable bonds is 6. The summed E-state index contributed by atoms with van der Waals surface area (Å²) in [7, 11) is -0.529. The molecule has 0 saturated heterocycles. The minimum atomic E-state index is -3.64. The fourth-order valence-electron chi connectivity index (χ4n) is 2.49. The maximum atomic E-state index is 12.9. The number of benzene rings is 3. The summed E-state index contributed by atoms with van der Waals surface area (Å²) in [6.07, 6.45) is 0. The predicted molar refractivity (Wildman–Crippen MR) is 101 cm³/mol. The fourth-order valence-corrected chi connectivity index (χ4v) is 3.83. The topological polar surface area (TPSA) is 64.6 Å². The molecule has 1 N–H and O–H groups in total. The molecule has 0 bridgehead atoms. The highest BCUT2D eigenvalue weighted by Gasteiger charge is 2.19. The molecule has 3 rings (SSSR count). The molecule has 0 atom stereocenters. The van der Waals surface area contributed by atoms with Crippen LogP contribution in [0.15, 0.2) is 82.6 Å². The largest absolute Gasteiger partial charge is 0.497 e. The lowest BCUT2D eigenvalue weighted by atomic mass is 10.2. The average Bonchev–Trinajstić information content (AvgIpc) is 2.69. The molecule has 0 aliphatic carbocycles. The highest BCUT2D eigenvalue weighted by molar-refractivity contribution is 7.91. The molecule has 0 unspecified atom stereocenters. The van der Waals surface area contributed by atoms with Crippen molar-refractivity contribution < 1.29 is 17.9 Å². The van der Waals surface area contributed by atoms with Crippen molar-refractivity contribution in [2.24, 2.45) is 0 Å². The molecule has 134 valence electrons. The van der Waals surface area contributed by atoms with E-state index in [4.69, 9.17) is 9.47 Å². The molecule has 0 heterocycles. The van der Waals surface area contributed by atoms with Crippen LogP contribution in [-0.2, 0) is 9.84 Å². The van der Waals surface area contributed by atoms with Crippen LogP contribution in [0.1, 0.15) is 0 Å². The molecule has 6 heteroatoms. The van der Waals surface area contributed by atoms with Gasteiger partial charge in [0.1, 0.15) is 11.5 Å². The number of ether oxygens (including phenoxy) is 2. The van der Waals surface area contributed by atoms with E-state index in [-0.39, 0.29) is 9.79 Å². The standard InChI is InChI=1S/C20H19NO4S/c1-24-17-10-8-15(9-11-17)21-16-12-18(25-2)14-20(13-16)26(22,23)19-6-4-3-5-7-19/h3-14,21H,1-2H3. The third-order valence-electron chi connectivity index (χ3n) is 3.86. The molecule has 0 aliphatic rings. The lowest BCUT2D eigenvalue weighted by molar-refractivity contribution is 0.413. The Morgan fingerprint density at radius 2 is 1.35 bits per heavy atom. The van der Waals surface area contributed by atoms with Gasteiger partial charge in [-0.1, -0.05) is 18.2 Å². The predicted octanol–water partition coefficient (Wildman–Crippen LogP) is 4.28. The van der Waals surface area contributed by atoms with Gasteiger partial charge in [0.15, 0.2) is 0 Å². The van der Waals surface area contributed by atoms with Crippen molar-refractivity contribution in [1.82, 2.24) is 0 Å². The zero-order valence-electron chi connectivity index (χ0n) is 14.5. The number of hydrogen-bond acceptors (Lipinski definition) is 5. The maximum Gasteiger partial charge on any atom is 0.206 e. The molecule has 5 nitrogen and oxygen atoms in total. The van der Waals surface area contributed by atoms with Gasteiger partial charge in [0, 0.05) is 17.4 Å². The highest BCUT2D eigenvalue weighted by Crippen LogP contribution is 2.30. The lowest BCUT2D eigenvalue weighted by Crippen LogP contribution is -2.03. The van der Waals surface area contributed by atoms with Gasteiger partial charge in [-0.15, -0.1) is 0 Å². The van der Waals surface area contributed by atoms with Gasteiger partial charge < -0.3 is 14.8 Å². The SMILES string of the molecule is COc1ccc(Nc2cc(OC)cc(S(=O)(=O)c3ccccc3)c2)cc1. The average molecular weight is 369 g/mol. The van der Waals surface area contributed by atoms with Crippen LogP contribution in [0.4, 0.5) is 11.4 Å². The molecule has 3 aromatic carbocycles. The van der Waals surface area contributed by atoms with Crippen LogP contribution in [0, 0.1) is 0 Å². The first-order valence-corrected chi connectivity index (χ1v) is 9.41. The Morgan fingerprint density at radius 3 is 1.96 bits per heavy atom. The summed E-state index contributed by atoms with van der Waals surface area (Å²) >= 11 is 0. The second-order valence-corrected chi connectivity index (χ2v) is 7.52. The van der Waals surface area contributed by atoms with Crippen LogP contribution in [-0.4, -0.2) is 22.6 Å². The van der Waals surface area contributed by atoms with Gasteiger partial charge in [-0.05, 0) is 48.5 Å². The van der Waals surface area contributed by atoms with Crippen LogP contribution < -0.4 is 14.8 Å². The van der Waals surface area contributed by atoms with Crippen LogP contribution in [0.2, 0.25) is 0 Å². The molecule has 0 saturated carbocycles. The summed E-state index contributed by atoms with van der Waals surface area (Å²) in [5.74, 6) is 1.20. The fraction of sp³-hybridized carbons (Fsp3) is 0.100. The van der Waals surface area contributed by atoms with Crippen LogP contribution in [0.5, 0.6) is 11.5 Å². The van der Waals surface area contributed by atoms with Crippen molar-refractivity contribution >= 4 is 21.2 Å². The van der Waals surface area contributed by atoms with Gasteiger partial charge >= 0.3 is 0 Å². The molecule has 0 spiro atoms. The first kappa shape index (κ1) is 17.8. The summed E-state index contributed by atoms with van der Waals surface area (Å²) in [6.45, 7) is 0. The van der Waals surface area contributed by atoms with Crippen LogP contribution in [0.25, 0.3) is 0 Å². The Balaban J connectivity index is 1.98. The van der Waals surface area contributed by atoms with Crippen molar-refractivity contribution in [1.29, 1.82) is 0 Å². The number of methoxy groups -OCH3 is 2. The smallest absolute Gasteiger partial charge is 0.206 e. The first-order chi connectivity index (χ1) is 12.5. The minimum absolute atomic E-state index is 0.166. The molecular weight excluding hydrogens is 350 g/mol. The molecule has 0 amide bonds. The second-order valence-electron chi connectivity index (χ2n) is 5.57. The zero-order chi connectivity index (χ0) is 18.6. The van der Waals surface area contributed by atoms with Gasteiger partial charge in [-0.2, -0.15) is 0 Å². The van der Waals surface area contributed by atoms with Crippen LogP contribution in [0.3, 0.4) is 0 Å². The number of anilines is 2. The Labute approximate surface area is 153 Å². The van der Waals surface area contributed by atoms with Gasteiger partial charge in [0.05, 0.1) is 24.0 Å². The van der Waals surface area contributed by atoms with Gasteiger partial charge in [-0.3, -0.25) is 0 Å². The van der Waals surface area contributed by atoms with E-state index in [9.17, 15) is 8.42 Å². The van der Waals surface area contributed by atoms with Gasteiger partial charge in [0.25, 0.3) is 0 Å². The monoisotopic (exact) mass is 369 g/mol. The molecule has 0 radical (unpaired) electrons. The maximum absolute atomic E-state index is 12.9. The molecule has 0 aliphatic heterocycles. The Hall–Kier alpha value is -2.99.